The van der Waals surface area contributed by atoms with Gasteiger partial charge in [0.25, 0.3) is 0 Å². The fourth-order valence-electron chi connectivity index (χ4n) is 3.53. The smallest absolute Gasteiger partial charge is 0.223 e. The first kappa shape index (κ1) is 20.3. The van der Waals surface area contributed by atoms with Crippen LogP contribution in [0, 0.1) is 33.1 Å². The van der Waals surface area contributed by atoms with Crippen LogP contribution >= 0.6 is 22.9 Å². The van der Waals surface area contributed by atoms with E-state index >= 15 is 0 Å². The number of nitrogens with one attached hydrogen (secondary N) is 1. The standard InChI is InChI=1S/C22H20ClN5OS/c1-5-10-24-18(29)11-17-21-27-26-14(4)28(21)22-19(12(2)13(3)30-22)20(25-17)15-6-8-16(23)9-7-15/h1,6-9,17H,10-11H2,2-4H3,(H,24,29). The predicted octanol–water partition coefficient (Wildman–Crippen LogP) is 3.94. The second-order valence-electron chi connectivity index (χ2n) is 7.09. The molecule has 1 N–H and O–H groups in total. The van der Waals surface area contributed by atoms with Crippen molar-refractivity contribution >= 4 is 34.6 Å². The van der Waals surface area contributed by atoms with Crippen LogP contribution in [0.5, 0.6) is 0 Å². The van der Waals surface area contributed by atoms with Gasteiger partial charge in [-0.15, -0.1) is 28.0 Å². The van der Waals surface area contributed by atoms with Gasteiger partial charge in [-0.05, 0) is 38.5 Å². The van der Waals surface area contributed by atoms with E-state index in [2.05, 4.69) is 35.3 Å². The number of halogens is 1. The topological polar surface area (TPSA) is 72.2 Å². The number of terminal acetylenes is 1. The van der Waals surface area contributed by atoms with Gasteiger partial charge in [0.15, 0.2) is 5.82 Å². The number of fused-ring (bicyclic) bond motifs is 3. The number of benzene rings is 1. The van der Waals surface area contributed by atoms with E-state index in [4.69, 9.17) is 23.0 Å². The molecule has 30 heavy (non-hydrogen) atoms. The number of rotatable bonds is 4. The van der Waals surface area contributed by atoms with Gasteiger partial charge < -0.3 is 5.32 Å². The Hall–Kier alpha value is -2.95. The maximum Gasteiger partial charge on any atom is 0.223 e. The number of thiophene rings is 1. The van der Waals surface area contributed by atoms with Crippen LogP contribution in [0.2, 0.25) is 5.02 Å². The van der Waals surface area contributed by atoms with Crippen LogP contribution in [-0.2, 0) is 4.79 Å². The monoisotopic (exact) mass is 437 g/mol. The Bertz CT molecular complexity index is 1200. The first-order valence-electron chi connectivity index (χ1n) is 9.47. The van der Waals surface area contributed by atoms with Crippen LogP contribution in [0.25, 0.3) is 5.00 Å². The maximum atomic E-state index is 12.5. The lowest BCUT2D eigenvalue weighted by molar-refractivity contribution is -0.121. The lowest BCUT2D eigenvalue weighted by atomic mass is 9.99. The van der Waals surface area contributed by atoms with Crippen molar-refractivity contribution < 1.29 is 4.79 Å². The fraction of sp³-hybridized carbons (Fsp3) is 0.273. The normalized spacial score (nSPS) is 14.9. The average molecular weight is 438 g/mol. The summed E-state index contributed by atoms with van der Waals surface area (Å²) < 4.78 is 2.02. The van der Waals surface area contributed by atoms with Crippen LogP contribution in [0.15, 0.2) is 29.3 Å². The second kappa shape index (κ2) is 8.05. The van der Waals surface area contributed by atoms with Crippen LogP contribution in [0.4, 0.5) is 0 Å². The Labute approximate surface area is 184 Å². The van der Waals surface area contributed by atoms with Crippen molar-refractivity contribution in [3.63, 3.8) is 0 Å². The molecule has 1 aromatic carbocycles. The molecule has 0 saturated heterocycles. The number of nitrogens with zero attached hydrogens (tertiary/aromatic N) is 4. The van der Waals surface area contributed by atoms with Crippen LogP contribution in [0.3, 0.4) is 0 Å². The molecule has 0 fully saturated rings. The van der Waals surface area contributed by atoms with E-state index in [-0.39, 0.29) is 18.9 Å². The highest BCUT2D eigenvalue weighted by Crippen LogP contribution is 2.39. The fourth-order valence-corrected chi connectivity index (χ4v) is 4.87. The maximum absolute atomic E-state index is 12.5. The summed E-state index contributed by atoms with van der Waals surface area (Å²) in [7, 11) is 0. The Morgan fingerprint density at radius 1 is 1.27 bits per heavy atom. The van der Waals surface area contributed by atoms with Crippen LogP contribution < -0.4 is 5.32 Å². The number of aliphatic imine (C=N–C) groups is 1. The van der Waals surface area contributed by atoms with E-state index in [1.54, 1.807) is 11.3 Å². The molecule has 4 rings (SSSR count). The third-order valence-electron chi connectivity index (χ3n) is 5.12. The lowest BCUT2D eigenvalue weighted by Crippen LogP contribution is -2.25. The van der Waals surface area contributed by atoms with Gasteiger partial charge in [-0.1, -0.05) is 29.7 Å². The zero-order valence-electron chi connectivity index (χ0n) is 16.9. The SMILES string of the molecule is C#CCNC(=O)CC1N=C(c2ccc(Cl)cc2)c2c(sc(C)c2C)-n2c(C)nnc21. The van der Waals surface area contributed by atoms with Crippen LogP contribution in [0.1, 0.15) is 45.7 Å². The van der Waals surface area contributed by atoms with Crippen molar-refractivity contribution in [2.75, 3.05) is 6.54 Å². The molecule has 8 heteroatoms. The summed E-state index contributed by atoms with van der Waals surface area (Å²) in [5.41, 5.74) is 3.95. The number of carbonyl (C=O) groups is 1. The molecule has 152 valence electrons. The zero-order chi connectivity index (χ0) is 21.4. The Morgan fingerprint density at radius 2 is 2.00 bits per heavy atom. The van der Waals surface area contributed by atoms with E-state index in [1.807, 2.05) is 35.8 Å². The molecular formula is C22H20ClN5OS. The zero-order valence-corrected chi connectivity index (χ0v) is 18.4. The van der Waals surface area contributed by atoms with Gasteiger partial charge in [0.1, 0.15) is 16.9 Å². The molecule has 6 nitrogen and oxygen atoms in total. The minimum Gasteiger partial charge on any atom is -0.345 e. The van der Waals surface area contributed by atoms with Crippen molar-refractivity contribution in [3.05, 3.63) is 62.5 Å². The molecule has 1 unspecified atom stereocenters. The summed E-state index contributed by atoms with van der Waals surface area (Å²) >= 11 is 7.79. The number of hydrogen-bond acceptors (Lipinski definition) is 5. The summed E-state index contributed by atoms with van der Waals surface area (Å²) in [6.07, 6.45) is 5.40. The number of aryl methyl sites for hydroxylation is 2. The highest BCUT2D eigenvalue weighted by Gasteiger charge is 2.32. The lowest BCUT2D eigenvalue weighted by Gasteiger charge is -2.12. The van der Waals surface area contributed by atoms with Crippen LogP contribution in [-0.4, -0.2) is 32.9 Å². The van der Waals surface area contributed by atoms with Crippen molar-refractivity contribution in [2.24, 2.45) is 4.99 Å². The van der Waals surface area contributed by atoms with Gasteiger partial charge in [0.05, 0.1) is 18.7 Å². The molecule has 0 saturated carbocycles. The number of amides is 1. The molecule has 3 aromatic rings. The van der Waals surface area contributed by atoms with E-state index in [0.29, 0.717) is 10.8 Å². The number of aromatic nitrogens is 3. The summed E-state index contributed by atoms with van der Waals surface area (Å²) in [5, 5.41) is 13.0. The van der Waals surface area contributed by atoms with Gasteiger partial charge in [0.2, 0.25) is 5.91 Å². The van der Waals surface area contributed by atoms with Crippen molar-refractivity contribution in [1.29, 1.82) is 0 Å². The molecule has 1 amide bonds. The molecule has 1 aliphatic heterocycles. The molecule has 0 aliphatic carbocycles. The highest BCUT2D eigenvalue weighted by atomic mass is 35.5. The second-order valence-corrected chi connectivity index (χ2v) is 8.73. The van der Waals surface area contributed by atoms with Gasteiger partial charge in [-0.3, -0.25) is 14.4 Å². The van der Waals surface area contributed by atoms with Gasteiger partial charge in [0, 0.05) is 21.0 Å². The third kappa shape index (κ3) is 3.53. The summed E-state index contributed by atoms with van der Waals surface area (Å²) in [4.78, 5) is 18.7. The van der Waals surface area contributed by atoms with Crippen molar-refractivity contribution in [2.45, 2.75) is 33.2 Å². The summed E-state index contributed by atoms with van der Waals surface area (Å²) in [5.74, 6) is 3.65. The average Bonchev–Trinajstić information content (AvgIpc) is 3.19. The molecule has 0 radical (unpaired) electrons. The summed E-state index contributed by atoms with van der Waals surface area (Å²) in [6, 6.07) is 7.10. The van der Waals surface area contributed by atoms with Gasteiger partial charge in [-0.25, -0.2) is 0 Å². The Kier molecular flexibility index (Phi) is 5.46. The van der Waals surface area contributed by atoms with E-state index < -0.39 is 6.04 Å². The predicted molar refractivity (Wildman–Crippen MR) is 120 cm³/mol. The Balaban J connectivity index is 1.92. The van der Waals surface area contributed by atoms with E-state index in [1.165, 1.54) is 4.88 Å². The molecule has 0 bridgehead atoms. The number of carbonyl (C=O) groups excluding carboxylic acids is 1. The number of hydrogen-bond donors (Lipinski definition) is 1. The largest absolute Gasteiger partial charge is 0.345 e. The molecular weight excluding hydrogens is 418 g/mol. The minimum absolute atomic E-state index is 0.129. The highest BCUT2D eigenvalue weighted by molar-refractivity contribution is 7.15. The quantitative estimate of drug-likeness (QED) is 0.628. The first-order valence-corrected chi connectivity index (χ1v) is 10.7. The summed E-state index contributed by atoms with van der Waals surface area (Å²) in [6.45, 7) is 6.28. The molecule has 3 heterocycles. The van der Waals surface area contributed by atoms with Gasteiger partial charge >= 0.3 is 0 Å². The molecule has 1 atom stereocenters. The first-order chi connectivity index (χ1) is 14.4. The molecule has 2 aromatic heterocycles. The molecule has 0 spiro atoms. The van der Waals surface area contributed by atoms with Crippen molar-refractivity contribution in [1.82, 2.24) is 20.1 Å². The molecule has 1 aliphatic rings. The van der Waals surface area contributed by atoms with Crippen molar-refractivity contribution in [3.8, 4) is 17.3 Å². The van der Waals surface area contributed by atoms with Gasteiger partial charge in [-0.2, -0.15) is 0 Å². The van der Waals surface area contributed by atoms with E-state index in [9.17, 15) is 4.79 Å². The third-order valence-corrected chi connectivity index (χ3v) is 6.57. The Morgan fingerprint density at radius 3 is 2.70 bits per heavy atom. The van der Waals surface area contributed by atoms with E-state index in [0.717, 1.165) is 33.2 Å². The minimum atomic E-state index is -0.492.